The third kappa shape index (κ3) is 3.31. The normalized spacial score (nSPS) is 10.1. The summed E-state index contributed by atoms with van der Waals surface area (Å²) in [6.07, 6.45) is 0. The fraction of sp³-hybridized carbons (Fsp3) is 0.286. The largest absolute Gasteiger partial charge is 0.320 e. The van der Waals surface area contributed by atoms with Gasteiger partial charge in [-0.05, 0) is 26.0 Å². The quantitative estimate of drug-likeness (QED) is 0.839. The smallest absolute Gasteiger partial charge is 0.254 e. The van der Waals surface area contributed by atoms with Crippen molar-refractivity contribution in [2.24, 2.45) is 5.73 Å². The number of nitrogens with two attached hydrogens (primary N) is 1. The van der Waals surface area contributed by atoms with E-state index < -0.39 is 0 Å². The SMILES string of the molecule is Cc1cc(=O)n(Cc2ccc(C#CCN)s2)c(C)n1. The molecule has 0 amide bonds. The molecule has 2 heterocycles. The van der Waals surface area contributed by atoms with Crippen LogP contribution in [-0.4, -0.2) is 16.1 Å². The number of hydrogen-bond acceptors (Lipinski definition) is 4. The molecule has 0 bridgehead atoms. The standard InChI is InChI=1S/C14H15N3OS/c1-10-8-14(18)17(11(2)16-10)9-13-6-5-12(19-13)4-3-7-15/h5-6,8H,7,9,15H2,1-2H3. The Morgan fingerprint density at radius 3 is 2.89 bits per heavy atom. The van der Waals surface area contributed by atoms with Crippen molar-refractivity contribution in [3.63, 3.8) is 0 Å². The van der Waals surface area contributed by atoms with E-state index in [1.54, 1.807) is 22.0 Å². The minimum Gasteiger partial charge on any atom is -0.320 e. The van der Waals surface area contributed by atoms with Crippen LogP contribution in [0.5, 0.6) is 0 Å². The lowest BCUT2D eigenvalue weighted by Gasteiger charge is -2.07. The maximum absolute atomic E-state index is 11.9. The predicted octanol–water partition coefficient (Wildman–Crippen LogP) is 1.28. The summed E-state index contributed by atoms with van der Waals surface area (Å²) in [5.74, 6) is 6.54. The van der Waals surface area contributed by atoms with Gasteiger partial charge in [-0.15, -0.1) is 11.3 Å². The topological polar surface area (TPSA) is 60.9 Å². The fourth-order valence-electron chi connectivity index (χ4n) is 1.78. The first-order valence-corrected chi connectivity index (χ1v) is 6.74. The zero-order chi connectivity index (χ0) is 13.8. The number of thiophene rings is 1. The van der Waals surface area contributed by atoms with Gasteiger partial charge in [0.05, 0.1) is 18.0 Å². The lowest BCUT2D eigenvalue weighted by molar-refractivity contribution is 0.701. The highest BCUT2D eigenvalue weighted by atomic mass is 32.1. The van der Waals surface area contributed by atoms with Crippen molar-refractivity contribution < 1.29 is 0 Å². The molecule has 4 nitrogen and oxygen atoms in total. The minimum atomic E-state index is -0.0204. The van der Waals surface area contributed by atoms with Gasteiger partial charge in [-0.1, -0.05) is 11.8 Å². The molecule has 0 saturated heterocycles. The lowest BCUT2D eigenvalue weighted by Crippen LogP contribution is -2.23. The first-order valence-electron chi connectivity index (χ1n) is 5.93. The van der Waals surface area contributed by atoms with Crippen molar-refractivity contribution in [2.45, 2.75) is 20.4 Å². The maximum Gasteiger partial charge on any atom is 0.254 e. The highest BCUT2D eigenvalue weighted by Crippen LogP contribution is 2.16. The van der Waals surface area contributed by atoms with Crippen LogP contribution >= 0.6 is 11.3 Å². The fourth-order valence-corrected chi connectivity index (χ4v) is 2.65. The van der Waals surface area contributed by atoms with Crippen LogP contribution < -0.4 is 11.3 Å². The lowest BCUT2D eigenvalue weighted by atomic mass is 10.4. The van der Waals surface area contributed by atoms with E-state index in [4.69, 9.17) is 5.73 Å². The van der Waals surface area contributed by atoms with Crippen LogP contribution in [0, 0.1) is 25.7 Å². The molecule has 0 unspecified atom stereocenters. The van der Waals surface area contributed by atoms with Crippen molar-refractivity contribution in [1.29, 1.82) is 0 Å². The number of hydrogen-bond donors (Lipinski definition) is 1. The molecule has 5 heteroatoms. The van der Waals surface area contributed by atoms with E-state index in [1.807, 2.05) is 26.0 Å². The van der Waals surface area contributed by atoms with Crippen LogP contribution in [0.3, 0.4) is 0 Å². The molecule has 0 atom stereocenters. The van der Waals surface area contributed by atoms with Gasteiger partial charge >= 0.3 is 0 Å². The van der Waals surface area contributed by atoms with E-state index in [9.17, 15) is 4.79 Å². The Morgan fingerprint density at radius 2 is 2.21 bits per heavy atom. The van der Waals surface area contributed by atoms with Crippen LogP contribution in [0.2, 0.25) is 0 Å². The number of rotatable bonds is 2. The van der Waals surface area contributed by atoms with Crippen LogP contribution in [0.1, 0.15) is 21.3 Å². The van der Waals surface area contributed by atoms with Crippen molar-refractivity contribution >= 4 is 11.3 Å². The Morgan fingerprint density at radius 1 is 1.42 bits per heavy atom. The summed E-state index contributed by atoms with van der Waals surface area (Å²) in [6, 6.07) is 5.48. The molecular weight excluding hydrogens is 258 g/mol. The molecule has 2 aromatic heterocycles. The van der Waals surface area contributed by atoms with Crippen molar-refractivity contribution in [3.05, 3.63) is 49.8 Å². The molecule has 0 fully saturated rings. The Labute approximate surface area is 115 Å². The van der Waals surface area contributed by atoms with Crippen molar-refractivity contribution in [2.75, 3.05) is 6.54 Å². The molecule has 2 N–H and O–H groups in total. The molecule has 2 aromatic rings. The summed E-state index contributed by atoms with van der Waals surface area (Å²) in [5.41, 5.74) is 6.07. The average molecular weight is 273 g/mol. The summed E-state index contributed by atoms with van der Waals surface area (Å²) in [4.78, 5) is 18.3. The molecule has 0 aromatic carbocycles. The number of aromatic nitrogens is 2. The average Bonchev–Trinajstić information content (AvgIpc) is 2.79. The van der Waals surface area contributed by atoms with Gasteiger partial charge in [0.2, 0.25) is 0 Å². The zero-order valence-corrected chi connectivity index (χ0v) is 11.8. The van der Waals surface area contributed by atoms with Crippen LogP contribution in [0.15, 0.2) is 23.0 Å². The van der Waals surface area contributed by atoms with Gasteiger partial charge in [-0.25, -0.2) is 4.98 Å². The van der Waals surface area contributed by atoms with Crippen LogP contribution in [0.4, 0.5) is 0 Å². The third-order valence-corrected chi connectivity index (χ3v) is 3.60. The van der Waals surface area contributed by atoms with E-state index in [1.165, 1.54) is 0 Å². The Hall–Kier alpha value is -1.90. The Bertz CT molecular complexity index is 703. The van der Waals surface area contributed by atoms with Crippen molar-refractivity contribution in [1.82, 2.24) is 9.55 Å². The molecule has 0 saturated carbocycles. The highest BCUT2D eigenvalue weighted by molar-refractivity contribution is 7.12. The van der Waals surface area contributed by atoms with E-state index >= 15 is 0 Å². The number of nitrogens with zero attached hydrogens (tertiary/aromatic N) is 2. The summed E-state index contributed by atoms with van der Waals surface area (Å²) in [6.45, 7) is 4.56. The van der Waals surface area contributed by atoms with Gasteiger partial charge in [0.25, 0.3) is 5.56 Å². The molecule has 0 radical (unpaired) electrons. The summed E-state index contributed by atoms with van der Waals surface area (Å²) < 4.78 is 1.67. The van der Waals surface area contributed by atoms with Crippen LogP contribution in [-0.2, 0) is 6.54 Å². The van der Waals surface area contributed by atoms with Gasteiger partial charge in [0.15, 0.2) is 0 Å². The monoisotopic (exact) mass is 273 g/mol. The first-order chi connectivity index (χ1) is 9.10. The Kier molecular flexibility index (Phi) is 4.15. The summed E-state index contributed by atoms with van der Waals surface area (Å²) in [5, 5.41) is 0. The van der Waals surface area contributed by atoms with Gasteiger partial charge in [-0.2, -0.15) is 0 Å². The molecule has 98 valence electrons. The second kappa shape index (κ2) is 5.83. The Balaban J connectivity index is 2.27. The first kappa shape index (κ1) is 13.5. The highest BCUT2D eigenvalue weighted by Gasteiger charge is 2.05. The molecule has 19 heavy (non-hydrogen) atoms. The van der Waals surface area contributed by atoms with Gasteiger partial charge in [-0.3, -0.25) is 9.36 Å². The molecule has 0 aliphatic rings. The minimum absolute atomic E-state index is 0.0204. The second-order valence-corrected chi connectivity index (χ2v) is 5.31. The summed E-state index contributed by atoms with van der Waals surface area (Å²) >= 11 is 1.57. The molecular formula is C14H15N3OS. The zero-order valence-electron chi connectivity index (χ0n) is 10.9. The van der Waals surface area contributed by atoms with Gasteiger partial charge < -0.3 is 5.73 Å². The van der Waals surface area contributed by atoms with Gasteiger partial charge in [0, 0.05) is 16.6 Å². The van der Waals surface area contributed by atoms with Gasteiger partial charge in [0.1, 0.15) is 5.82 Å². The number of aryl methyl sites for hydroxylation is 2. The molecule has 2 rings (SSSR count). The predicted molar refractivity (Wildman–Crippen MR) is 77.3 cm³/mol. The maximum atomic E-state index is 11.9. The third-order valence-electron chi connectivity index (χ3n) is 2.62. The van der Waals surface area contributed by atoms with E-state index in [2.05, 4.69) is 16.8 Å². The van der Waals surface area contributed by atoms with E-state index in [-0.39, 0.29) is 5.56 Å². The van der Waals surface area contributed by atoms with Crippen LogP contribution in [0.25, 0.3) is 0 Å². The summed E-state index contributed by atoms with van der Waals surface area (Å²) in [7, 11) is 0. The van der Waals surface area contributed by atoms with E-state index in [0.717, 1.165) is 21.3 Å². The molecule has 0 aliphatic heterocycles. The molecule has 0 aliphatic carbocycles. The molecule has 0 spiro atoms. The second-order valence-electron chi connectivity index (χ2n) is 4.14. The van der Waals surface area contributed by atoms with Crippen molar-refractivity contribution in [3.8, 4) is 11.8 Å². The van der Waals surface area contributed by atoms with E-state index in [0.29, 0.717) is 13.1 Å².